The molecule has 8 heteroatoms. The number of nitrogens with one attached hydrogen (secondary N) is 1. The van der Waals surface area contributed by atoms with E-state index in [1.54, 1.807) is 0 Å². The van der Waals surface area contributed by atoms with Crippen molar-refractivity contribution in [1.29, 1.82) is 0 Å². The normalized spacial score (nSPS) is 19.1. The first-order valence-electron chi connectivity index (χ1n) is 11.6. The van der Waals surface area contributed by atoms with Crippen molar-refractivity contribution in [2.75, 3.05) is 62.8 Å². The van der Waals surface area contributed by atoms with Crippen LogP contribution < -0.4 is 15.0 Å². The van der Waals surface area contributed by atoms with Crippen molar-refractivity contribution in [2.24, 2.45) is 0 Å². The molecule has 1 atom stereocenters. The minimum atomic E-state index is -0.0155. The van der Waals surface area contributed by atoms with E-state index in [-0.39, 0.29) is 11.9 Å². The van der Waals surface area contributed by atoms with E-state index in [1.165, 1.54) is 0 Å². The highest BCUT2D eigenvalue weighted by molar-refractivity contribution is 7.80. The van der Waals surface area contributed by atoms with Gasteiger partial charge in [-0.15, -0.1) is 0 Å². The van der Waals surface area contributed by atoms with Gasteiger partial charge in [-0.05, 0) is 55.5 Å². The van der Waals surface area contributed by atoms with Crippen molar-refractivity contribution >= 4 is 34.6 Å². The van der Waals surface area contributed by atoms with Crippen LogP contribution in [0.5, 0.6) is 5.75 Å². The van der Waals surface area contributed by atoms with E-state index < -0.39 is 0 Å². The summed E-state index contributed by atoms with van der Waals surface area (Å²) in [6, 6.07) is 17.7. The molecule has 7 nitrogen and oxygen atoms in total. The fourth-order valence-electron chi connectivity index (χ4n) is 4.28. The molecule has 2 heterocycles. The third-order valence-corrected chi connectivity index (χ3v) is 6.46. The van der Waals surface area contributed by atoms with E-state index in [1.807, 2.05) is 49.4 Å². The van der Waals surface area contributed by atoms with Gasteiger partial charge in [0.25, 0.3) is 0 Å². The molecular formula is C25H32N4O3S. The summed E-state index contributed by atoms with van der Waals surface area (Å²) < 4.78 is 10.9. The fourth-order valence-corrected chi connectivity index (χ4v) is 4.70. The number of benzene rings is 2. The second-order valence-corrected chi connectivity index (χ2v) is 8.60. The van der Waals surface area contributed by atoms with Crippen molar-refractivity contribution < 1.29 is 14.3 Å². The van der Waals surface area contributed by atoms with Crippen molar-refractivity contribution in [1.82, 2.24) is 9.80 Å². The first kappa shape index (κ1) is 23.5. The number of anilines is 2. The maximum Gasteiger partial charge on any atom is 0.226 e. The smallest absolute Gasteiger partial charge is 0.226 e. The number of thiocarbonyl (C=S) groups is 1. The molecule has 0 aliphatic carbocycles. The van der Waals surface area contributed by atoms with Gasteiger partial charge in [-0.1, -0.05) is 18.2 Å². The van der Waals surface area contributed by atoms with Crippen LogP contribution in [0.3, 0.4) is 0 Å². The molecular weight excluding hydrogens is 436 g/mol. The quantitative estimate of drug-likeness (QED) is 0.567. The van der Waals surface area contributed by atoms with Gasteiger partial charge >= 0.3 is 0 Å². The Balaban J connectivity index is 1.41. The Morgan fingerprint density at radius 2 is 1.82 bits per heavy atom. The summed E-state index contributed by atoms with van der Waals surface area (Å²) in [6.07, 6.45) is 0.375. The lowest BCUT2D eigenvalue weighted by atomic mass is 10.1. The summed E-state index contributed by atoms with van der Waals surface area (Å²) >= 11 is 5.87. The number of rotatable bonds is 9. The number of hydrogen-bond acceptors (Lipinski definition) is 5. The zero-order valence-electron chi connectivity index (χ0n) is 19.1. The number of hydrogen-bond donors (Lipinski definition) is 1. The second-order valence-electron chi connectivity index (χ2n) is 8.24. The number of ether oxygens (including phenoxy) is 2. The first-order valence-corrected chi connectivity index (χ1v) is 12.0. The van der Waals surface area contributed by atoms with Gasteiger partial charge < -0.3 is 24.6 Å². The Bertz CT molecular complexity index is 919. The lowest BCUT2D eigenvalue weighted by Crippen LogP contribution is -2.45. The highest BCUT2D eigenvalue weighted by atomic mass is 32.1. The summed E-state index contributed by atoms with van der Waals surface area (Å²) in [5.41, 5.74) is 1.83. The van der Waals surface area contributed by atoms with Crippen molar-refractivity contribution in [2.45, 2.75) is 19.4 Å². The highest BCUT2D eigenvalue weighted by Crippen LogP contribution is 2.26. The number of amides is 1. The molecule has 1 amide bonds. The third-order valence-electron chi connectivity index (χ3n) is 6.01. The van der Waals surface area contributed by atoms with Gasteiger partial charge in [0.15, 0.2) is 5.11 Å². The van der Waals surface area contributed by atoms with E-state index in [2.05, 4.69) is 32.1 Å². The van der Waals surface area contributed by atoms with Crippen LogP contribution in [0.4, 0.5) is 11.4 Å². The van der Waals surface area contributed by atoms with Crippen LogP contribution in [0.1, 0.15) is 13.3 Å². The van der Waals surface area contributed by atoms with E-state index in [0.717, 1.165) is 61.6 Å². The van der Waals surface area contributed by atoms with Crippen LogP contribution in [0, 0.1) is 0 Å². The SMILES string of the molecule is CCOc1ccc(NC(=O)CC2CN(c3ccccc3)C(=S)N2CCN2CCOCC2)cc1. The summed E-state index contributed by atoms with van der Waals surface area (Å²) in [4.78, 5) is 19.7. The number of nitrogens with zero attached hydrogens (tertiary/aromatic N) is 3. The number of carbonyl (C=O) groups is 1. The average Bonchev–Trinajstić information content (AvgIpc) is 3.15. The monoisotopic (exact) mass is 468 g/mol. The van der Waals surface area contributed by atoms with Crippen LogP contribution in [-0.4, -0.2) is 79.4 Å². The molecule has 0 saturated carbocycles. The molecule has 2 saturated heterocycles. The molecule has 0 radical (unpaired) electrons. The minimum absolute atomic E-state index is 0.0152. The van der Waals surface area contributed by atoms with Crippen LogP contribution >= 0.6 is 12.2 Å². The van der Waals surface area contributed by atoms with Gasteiger partial charge in [0.1, 0.15) is 5.75 Å². The number of morpholine rings is 1. The van der Waals surface area contributed by atoms with Gasteiger partial charge in [0.05, 0.1) is 25.9 Å². The molecule has 0 aromatic heterocycles. The van der Waals surface area contributed by atoms with Gasteiger partial charge in [-0.3, -0.25) is 9.69 Å². The summed E-state index contributed by atoms with van der Waals surface area (Å²) in [5, 5.41) is 3.81. The maximum atomic E-state index is 12.9. The average molecular weight is 469 g/mol. The summed E-state index contributed by atoms with van der Waals surface area (Å²) in [5.74, 6) is 0.780. The third kappa shape index (κ3) is 6.22. The minimum Gasteiger partial charge on any atom is -0.494 e. The van der Waals surface area contributed by atoms with Crippen LogP contribution in [-0.2, 0) is 9.53 Å². The molecule has 2 fully saturated rings. The molecule has 1 N–H and O–H groups in total. The predicted molar refractivity (Wildman–Crippen MR) is 135 cm³/mol. The highest BCUT2D eigenvalue weighted by Gasteiger charge is 2.36. The van der Waals surface area contributed by atoms with Crippen molar-refractivity contribution in [3.8, 4) is 5.75 Å². The van der Waals surface area contributed by atoms with Crippen LogP contribution in [0.25, 0.3) is 0 Å². The van der Waals surface area contributed by atoms with Gasteiger partial charge in [-0.25, -0.2) is 0 Å². The van der Waals surface area contributed by atoms with Gasteiger partial charge in [0, 0.05) is 50.5 Å². The van der Waals surface area contributed by atoms with Gasteiger partial charge in [-0.2, -0.15) is 0 Å². The van der Waals surface area contributed by atoms with E-state index in [9.17, 15) is 4.79 Å². The zero-order chi connectivity index (χ0) is 23.0. The standard InChI is InChI=1S/C25H32N4O3S/c1-2-32-23-10-8-20(9-11-23)26-24(30)18-22-19-29(21-6-4-3-5-7-21)25(33)28(22)13-12-27-14-16-31-17-15-27/h3-11,22H,2,12-19H2,1H3,(H,26,30). The molecule has 1 unspecified atom stereocenters. The lowest BCUT2D eigenvalue weighted by Gasteiger charge is -2.31. The zero-order valence-corrected chi connectivity index (χ0v) is 19.9. The van der Waals surface area contributed by atoms with E-state index in [4.69, 9.17) is 21.7 Å². The van der Waals surface area contributed by atoms with Crippen LogP contribution in [0.2, 0.25) is 0 Å². The van der Waals surface area contributed by atoms with E-state index in [0.29, 0.717) is 19.6 Å². The predicted octanol–water partition coefficient (Wildman–Crippen LogP) is 3.22. The summed E-state index contributed by atoms with van der Waals surface area (Å²) in [6.45, 7) is 8.38. The Hall–Kier alpha value is -2.68. The Kier molecular flexibility index (Phi) is 8.15. The second kappa shape index (κ2) is 11.4. The summed E-state index contributed by atoms with van der Waals surface area (Å²) in [7, 11) is 0. The largest absolute Gasteiger partial charge is 0.494 e. The van der Waals surface area contributed by atoms with E-state index >= 15 is 0 Å². The van der Waals surface area contributed by atoms with Crippen LogP contribution in [0.15, 0.2) is 54.6 Å². The molecule has 2 aliphatic rings. The fraction of sp³-hybridized carbons (Fsp3) is 0.440. The molecule has 0 bridgehead atoms. The maximum absolute atomic E-state index is 12.9. The molecule has 176 valence electrons. The Morgan fingerprint density at radius 1 is 1.09 bits per heavy atom. The number of para-hydroxylation sites is 1. The topological polar surface area (TPSA) is 57.3 Å². The van der Waals surface area contributed by atoms with Crippen molar-refractivity contribution in [3.05, 3.63) is 54.6 Å². The Morgan fingerprint density at radius 3 is 2.52 bits per heavy atom. The van der Waals surface area contributed by atoms with Gasteiger partial charge in [0.2, 0.25) is 5.91 Å². The van der Waals surface area contributed by atoms with Crippen molar-refractivity contribution in [3.63, 3.8) is 0 Å². The molecule has 0 spiro atoms. The molecule has 4 rings (SSSR count). The first-order chi connectivity index (χ1) is 16.1. The lowest BCUT2D eigenvalue weighted by molar-refractivity contribution is -0.116. The molecule has 2 aromatic carbocycles. The molecule has 2 aliphatic heterocycles. The molecule has 33 heavy (non-hydrogen) atoms. The Labute approximate surface area is 201 Å². The molecule has 2 aromatic rings. The number of carbonyl (C=O) groups excluding carboxylic acids is 1.